The number of nitrogen functional groups attached to an aromatic ring is 1. The zero-order valence-corrected chi connectivity index (χ0v) is 28.7. The molecule has 6 aromatic rings. The minimum atomic E-state index is -1.11. The smallest absolute Gasteiger partial charge is 0.314 e. The number of ketones is 1. The average Bonchev–Trinajstić information content (AvgIpc) is 3.16. The van der Waals surface area contributed by atoms with Gasteiger partial charge in [-0.2, -0.15) is 0 Å². The first kappa shape index (κ1) is 36.6. The number of amides is 3. The fraction of sp³-hybridized carbons (Fsp3) is 0.0256. The SMILES string of the molecule is CC(=O)C(=O)Nc1ccccc1C(=O)Nc1cc2[nH]c(=O)c3ccccc3[nH]c(=O)c(=O)[nH]c3ccccc3c(=O)[nH]c2cc1NC(=O)c1ccccc1N. The maximum absolute atomic E-state index is 13.9. The highest BCUT2D eigenvalue weighted by Crippen LogP contribution is 2.29. The van der Waals surface area contributed by atoms with E-state index in [0.717, 1.165) is 6.92 Å². The molecule has 0 unspecified atom stereocenters. The summed E-state index contributed by atoms with van der Waals surface area (Å²) in [6.45, 7) is 1.07. The van der Waals surface area contributed by atoms with Crippen LogP contribution in [0.15, 0.2) is 128 Å². The van der Waals surface area contributed by atoms with E-state index in [4.69, 9.17) is 5.73 Å². The summed E-state index contributed by atoms with van der Waals surface area (Å²) in [5.74, 6) is -3.26. The molecule has 0 spiro atoms. The van der Waals surface area contributed by atoms with Gasteiger partial charge in [-0.15, -0.1) is 0 Å². The van der Waals surface area contributed by atoms with Crippen molar-refractivity contribution in [2.24, 2.45) is 0 Å². The van der Waals surface area contributed by atoms with Crippen molar-refractivity contribution in [2.45, 2.75) is 6.92 Å². The minimum Gasteiger partial charge on any atom is -0.398 e. The Hall–Kier alpha value is -8.14. The van der Waals surface area contributed by atoms with Gasteiger partial charge in [-0.3, -0.25) is 38.4 Å². The van der Waals surface area contributed by atoms with Crippen LogP contribution in [0.4, 0.5) is 22.7 Å². The van der Waals surface area contributed by atoms with Gasteiger partial charge in [-0.05, 0) is 60.7 Å². The zero-order valence-electron chi connectivity index (χ0n) is 28.7. The number of carbonyl (C=O) groups excluding carboxylic acids is 4. The second-order valence-electron chi connectivity index (χ2n) is 11.9. The van der Waals surface area contributed by atoms with Gasteiger partial charge in [0.2, 0.25) is 5.78 Å². The molecule has 1 heterocycles. The van der Waals surface area contributed by atoms with Crippen LogP contribution in [0.1, 0.15) is 27.6 Å². The Kier molecular flexibility index (Phi) is 10.4. The number of para-hydroxylation sites is 4. The number of aromatic nitrogens is 4. The van der Waals surface area contributed by atoms with Gasteiger partial charge >= 0.3 is 11.1 Å². The van der Waals surface area contributed by atoms with Crippen LogP contribution >= 0.6 is 0 Å². The Morgan fingerprint density at radius 1 is 0.473 bits per heavy atom. The Bertz CT molecular complexity index is 2960. The zero-order chi connectivity index (χ0) is 39.2. The van der Waals surface area contributed by atoms with Crippen molar-refractivity contribution < 1.29 is 19.2 Å². The normalized spacial score (nSPS) is 10.6. The first-order chi connectivity index (χ1) is 26.4. The number of carbonyl (C=O) groups is 4. The number of hydrogen-bond acceptors (Lipinski definition) is 9. The molecule has 0 bridgehead atoms. The van der Waals surface area contributed by atoms with Gasteiger partial charge in [0.1, 0.15) is 0 Å². The first-order valence-electron chi connectivity index (χ1n) is 16.4. The molecule has 1 aromatic heterocycles. The third-order valence-corrected chi connectivity index (χ3v) is 8.14. The van der Waals surface area contributed by atoms with Crippen LogP contribution in [0, 0.1) is 0 Å². The molecule has 3 amide bonds. The van der Waals surface area contributed by atoms with Gasteiger partial charge in [0.25, 0.3) is 28.8 Å². The first-order valence-corrected chi connectivity index (χ1v) is 16.4. The van der Waals surface area contributed by atoms with Crippen molar-refractivity contribution in [1.82, 2.24) is 19.9 Å². The summed E-state index contributed by atoms with van der Waals surface area (Å²) in [7, 11) is 0. The van der Waals surface area contributed by atoms with Gasteiger partial charge in [-0.1, -0.05) is 48.5 Å². The van der Waals surface area contributed by atoms with E-state index in [1.54, 1.807) is 18.2 Å². The molecule has 6 rings (SSSR count). The summed E-state index contributed by atoms with van der Waals surface area (Å²) in [6, 6.07) is 26.3. The molecule has 0 fully saturated rings. The molecule has 5 aromatic carbocycles. The maximum Gasteiger partial charge on any atom is 0.314 e. The van der Waals surface area contributed by atoms with Gasteiger partial charge in [-0.25, -0.2) is 0 Å². The highest BCUT2D eigenvalue weighted by Gasteiger charge is 2.19. The standard InChI is InChI=1S/C39H30N8O8/c1-20(48)33(49)41-26-15-7-3-11-22(26)35(51)45-30-19-32-31(18-29(30)44-34(50)21-10-2-6-14-25(21)40)46-36(52)23-12-4-8-16-27(23)42-38(54)39(55)43-28-17-9-5-13-24(28)37(53)47-32/h2-19H,40H2,1H3,(H,41,49)(H,42,54)(H,43,55)(H,44,50)(H,45,51)(H,46,52)(H,47,53). The number of benzene rings is 5. The third kappa shape index (κ3) is 8.18. The monoisotopic (exact) mass is 738 g/mol. The van der Waals surface area contributed by atoms with E-state index in [9.17, 15) is 38.4 Å². The molecule has 16 heteroatoms. The van der Waals surface area contributed by atoms with E-state index in [0.29, 0.717) is 0 Å². The fourth-order valence-electron chi connectivity index (χ4n) is 5.41. The molecule has 0 atom stereocenters. The summed E-state index contributed by atoms with van der Waals surface area (Å²) in [5, 5.41) is 7.62. The van der Waals surface area contributed by atoms with Crippen LogP contribution in [-0.2, 0) is 9.59 Å². The molecule has 55 heavy (non-hydrogen) atoms. The van der Waals surface area contributed by atoms with Crippen molar-refractivity contribution >= 4 is 79.1 Å². The van der Waals surface area contributed by atoms with Crippen LogP contribution in [0.25, 0.3) is 32.8 Å². The highest BCUT2D eigenvalue weighted by molar-refractivity contribution is 6.40. The molecule has 0 saturated carbocycles. The van der Waals surface area contributed by atoms with E-state index < -0.39 is 45.7 Å². The van der Waals surface area contributed by atoms with Crippen LogP contribution in [0.2, 0.25) is 0 Å². The molecule has 0 aliphatic carbocycles. The Labute approximate surface area is 308 Å². The molecule has 274 valence electrons. The number of rotatable bonds is 6. The molecule has 0 radical (unpaired) electrons. The van der Waals surface area contributed by atoms with Crippen LogP contribution in [-0.4, -0.2) is 43.4 Å². The van der Waals surface area contributed by atoms with Gasteiger partial charge in [0.05, 0.1) is 61.0 Å². The molecule has 0 aliphatic heterocycles. The molecule has 0 aliphatic rings. The van der Waals surface area contributed by atoms with Gasteiger partial charge in [0.15, 0.2) is 0 Å². The van der Waals surface area contributed by atoms with Gasteiger partial charge in [0, 0.05) is 12.6 Å². The number of anilines is 4. The molecule has 0 saturated heterocycles. The lowest BCUT2D eigenvalue weighted by atomic mass is 10.1. The van der Waals surface area contributed by atoms with E-state index in [2.05, 4.69) is 35.9 Å². The quantitative estimate of drug-likeness (QED) is 0.0912. The lowest BCUT2D eigenvalue weighted by Crippen LogP contribution is -2.27. The maximum atomic E-state index is 13.9. The Morgan fingerprint density at radius 2 is 0.891 bits per heavy atom. The van der Waals surface area contributed by atoms with Gasteiger partial charge < -0.3 is 41.6 Å². The molecule has 16 nitrogen and oxygen atoms in total. The number of hydrogen-bond donors (Lipinski definition) is 8. The second-order valence-corrected chi connectivity index (χ2v) is 11.9. The van der Waals surface area contributed by atoms with E-state index in [1.807, 2.05) is 0 Å². The van der Waals surface area contributed by atoms with Crippen molar-refractivity contribution in [3.63, 3.8) is 0 Å². The highest BCUT2D eigenvalue weighted by atomic mass is 16.2. The van der Waals surface area contributed by atoms with E-state index in [-0.39, 0.29) is 66.7 Å². The molecule has 9 N–H and O–H groups in total. The van der Waals surface area contributed by atoms with Crippen LogP contribution in [0.5, 0.6) is 0 Å². The topological polar surface area (TPSA) is 262 Å². The van der Waals surface area contributed by atoms with Crippen molar-refractivity contribution in [3.8, 4) is 0 Å². The van der Waals surface area contributed by atoms with E-state index in [1.165, 1.54) is 91.0 Å². The average molecular weight is 739 g/mol. The van der Waals surface area contributed by atoms with Crippen molar-refractivity contribution in [3.05, 3.63) is 162 Å². The number of nitrogens with one attached hydrogen (secondary N) is 7. The predicted molar refractivity (Wildman–Crippen MR) is 209 cm³/mol. The minimum absolute atomic E-state index is 0.00565. The largest absolute Gasteiger partial charge is 0.398 e. The van der Waals surface area contributed by atoms with E-state index >= 15 is 0 Å². The van der Waals surface area contributed by atoms with Crippen molar-refractivity contribution in [2.75, 3.05) is 21.7 Å². The number of H-pyrrole nitrogens is 4. The number of Topliss-reactive ketones (excluding diaryl/α,β-unsaturated/α-hetero) is 1. The second kappa shape index (κ2) is 15.6. The summed E-state index contributed by atoms with van der Waals surface area (Å²) >= 11 is 0. The number of nitrogens with two attached hydrogens (primary N) is 1. The molecular weight excluding hydrogens is 708 g/mol. The summed E-state index contributed by atoms with van der Waals surface area (Å²) in [5.41, 5.74) is 2.07. The number of aromatic amines is 4. The summed E-state index contributed by atoms with van der Waals surface area (Å²) in [6.07, 6.45) is 0. The predicted octanol–water partition coefficient (Wildman–Crippen LogP) is 3.76. The van der Waals surface area contributed by atoms with Crippen molar-refractivity contribution in [1.29, 1.82) is 0 Å². The summed E-state index contributed by atoms with van der Waals surface area (Å²) in [4.78, 5) is 115. The Morgan fingerprint density at radius 3 is 1.40 bits per heavy atom. The molecular formula is C39H30N8O8. The van der Waals surface area contributed by atoms with Crippen LogP contribution < -0.4 is 43.9 Å². The summed E-state index contributed by atoms with van der Waals surface area (Å²) < 4.78 is 0. The number of fused-ring (bicyclic) bond motifs is 3. The lowest BCUT2D eigenvalue weighted by molar-refractivity contribution is -0.133. The lowest BCUT2D eigenvalue weighted by Gasteiger charge is -2.15. The fourth-order valence-corrected chi connectivity index (χ4v) is 5.41. The van der Waals surface area contributed by atoms with Crippen LogP contribution in [0.3, 0.4) is 0 Å². The Balaban J connectivity index is 1.68. The third-order valence-electron chi connectivity index (χ3n) is 8.14.